The zero-order chi connectivity index (χ0) is 23.3. The monoisotopic (exact) mass is 490 g/mol. The maximum absolute atomic E-state index is 13.7. The van der Waals surface area contributed by atoms with Crippen molar-refractivity contribution in [1.29, 1.82) is 5.26 Å². The van der Waals surface area contributed by atoms with E-state index in [4.69, 9.17) is 14.4 Å². The van der Waals surface area contributed by atoms with Gasteiger partial charge < -0.3 is 9.01 Å². The second kappa shape index (κ2) is 10.2. The standard InChI is InChI=1S/C19H26FN3O5PS2/c1-5-23(6-2,7-3)14-17-10-11-19(30-17)31(25,26)22-28-29(4,24)27-16-9-8-15(13-21)18(20)12-16/h8-12,22H,5-7,14H2,1-4H3/q+1. The fraction of sp³-hybridized carbons (Fsp3) is 0.421. The molecular formula is C19H26FN3O5PS2+. The molecule has 0 saturated heterocycles. The molecule has 1 aromatic heterocycles. The van der Waals surface area contributed by atoms with Crippen molar-refractivity contribution in [3.8, 4) is 11.8 Å². The summed E-state index contributed by atoms with van der Waals surface area (Å²) in [6.07, 6.45) is 0. The number of nitrogens with zero attached hydrogens (tertiary/aromatic N) is 2. The van der Waals surface area contributed by atoms with Crippen LogP contribution in [0.1, 0.15) is 31.2 Å². The third-order valence-corrected chi connectivity index (χ3v) is 8.88. The van der Waals surface area contributed by atoms with Gasteiger partial charge in [-0.15, -0.1) is 11.3 Å². The normalized spacial score (nSPS) is 14.1. The summed E-state index contributed by atoms with van der Waals surface area (Å²) in [6.45, 7) is 10.9. The van der Waals surface area contributed by atoms with E-state index < -0.39 is 23.4 Å². The number of hydrogen-bond acceptors (Lipinski definition) is 7. The van der Waals surface area contributed by atoms with Gasteiger partial charge in [-0.05, 0) is 45.0 Å². The molecule has 1 N–H and O–H groups in total. The maximum atomic E-state index is 13.7. The minimum Gasteiger partial charge on any atom is -0.424 e. The van der Waals surface area contributed by atoms with Crippen LogP contribution >= 0.6 is 18.9 Å². The van der Waals surface area contributed by atoms with E-state index in [1.807, 2.05) is 4.89 Å². The van der Waals surface area contributed by atoms with Gasteiger partial charge in [0.15, 0.2) is 0 Å². The summed E-state index contributed by atoms with van der Waals surface area (Å²) in [7, 11) is -8.04. The van der Waals surface area contributed by atoms with Crippen molar-refractivity contribution >= 4 is 29.0 Å². The molecule has 2 rings (SSSR count). The lowest BCUT2D eigenvalue weighted by atomic mass is 10.2. The summed E-state index contributed by atoms with van der Waals surface area (Å²) in [5, 5.41) is 8.74. The van der Waals surface area contributed by atoms with Gasteiger partial charge in [-0.2, -0.15) is 9.89 Å². The maximum Gasteiger partial charge on any atom is 0.393 e. The molecule has 1 heterocycles. The van der Waals surface area contributed by atoms with E-state index in [2.05, 4.69) is 20.8 Å². The molecule has 0 spiro atoms. The Labute approximate surface area is 186 Å². The largest absolute Gasteiger partial charge is 0.424 e. The topological polar surface area (TPSA) is 105 Å². The van der Waals surface area contributed by atoms with Crippen LogP contribution in [0.4, 0.5) is 4.39 Å². The van der Waals surface area contributed by atoms with E-state index in [-0.39, 0.29) is 15.5 Å². The highest BCUT2D eigenvalue weighted by Gasteiger charge is 2.27. The highest BCUT2D eigenvalue weighted by molar-refractivity contribution is 7.91. The lowest BCUT2D eigenvalue weighted by molar-refractivity contribution is -0.935. The molecule has 0 fully saturated rings. The van der Waals surface area contributed by atoms with Gasteiger partial charge in [0.1, 0.15) is 28.4 Å². The summed E-state index contributed by atoms with van der Waals surface area (Å²) < 4.78 is 62.0. The molecule has 8 nitrogen and oxygen atoms in total. The zero-order valence-electron chi connectivity index (χ0n) is 17.8. The predicted octanol–water partition coefficient (Wildman–Crippen LogP) is 4.25. The van der Waals surface area contributed by atoms with Gasteiger partial charge in [-0.3, -0.25) is 0 Å². The number of rotatable bonds is 11. The number of thiophene rings is 1. The Morgan fingerprint density at radius 3 is 2.39 bits per heavy atom. The van der Waals surface area contributed by atoms with E-state index in [1.54, 1.807) is 12.1 Å². The van der Waals surface area contributed by atoms with Gasteiger partial charge in [0.05, 0.1) is 36.7 Å². The smallest absolute Gasteiger partial charge is 0.393 e. The van der Waals surface area contributed by atoms with Gasteiger partial charge in [-0.25, -0.2) is 17.4 Å². The van der Waals surface area contributed by atoms with E-state index in [0.717, 1.165) is 59.1 Å². The molecule has 2 aromatic rings. The van der Waals surface area contributed by atoms with Crippen molar-refractivity contribution in [2.24, 2.45) is 0 Å². The Bertz CT molecular complexity index is 1100. The molecule has 0 aliphatic rings. The molecule has 0 aliphatic heterocycles. The summed E-state index contributed by atoms with van der Waals surface area (Å²) in [6, 6.07) is 8.15. The molecule has 12 heteroatoms. The lowest BCUT2D eigenvalue weighted by Crippen LogP contribution is -2.46. The average Bonchev–Trinajstić information content (AvgIpc) is 3.20. The van der Waals surface area contributed by atoms with Crippen LogP contribution in [-0.2, 0) is 25.8 Å². The fourth-order valence-corrected chi connectivity index (χ4v) is 6.46. The fourth-order valence-electron chi connectivity index (χ4n) is 2.94. The van der Waals surface area contributed by atoms with Gasteiger partial charge in [0.25, 0.3) is 10.0 Å². The van der Waals surface area contributed by atoms with Crippen molar-refractivity contribution in [1.82, 2.24) is 4.89 Å². The van der Waals surface area contributed by atoms with Crippen LogP contribution < -0.4 is 9.41 Å². The van der Waals surface area contributed by atoms with E-state index in [0.29, 0.717) is 6.54 Å². The first-order valence-electron chi connectivity index (χ1n) is 9.60. The molecule has 0 bridgehead atoms. The molecule has 1 unspecified atom stereocenters. The van der Waals surface area contributed by atoms with Crippen LogP contribution in [0.5, 0.6) is 5.75 Å². The zero-order valence-corrected chi connectivity index (χ0v) is 20.3. The number of halogens is 1. The molecule has 170 valence electrons. The molecular weight excluding hydrogens is 464 g/mol. The summed E-state index contributed by atoms with van der Waals surface area (Å²) in [5.41, 5.74) is -0.203. The van der Waals surface area contributed by atoms with E-state index in [1.165, 1.54) is 12.1 Å². The number of nitriles is 1. The van der Waals surface area contributed by atoms with Gasteiger partial charge in [-0.1, -0.05) is 4.89 Å². The highest BCUT2D eigenvalue weighted by atomic mass is 32.2. The number of sulfonamides is 1. The first-order chi connectivity index (χ1) is 14.5. The van der Waals surface area contributed by atoms with Crippen molar-refractivity contribution in [2.75, 3.05) is 26.3 Å². The van der Waals surface area contributed by atoms with Crippen molar-refractivity contribution in [2.45, 2.75) is 31.5 Å². The Hall–Kier alpha value is -1.80. The Morgan fingerprint density at radius 2 is 1.84 bits per heavy atom. The third-order valence-electron chi connectivity index (χ3n) is 5.05. The summed E-state index contributed by atoms with van der Waals surface area (Å²) >= 11 is 1.12. The van der Waals surface area contributed by atoms with Gasteiger partial charge >= 0.3 is 7.60 Å². The minimum atomic E-state index is -4.09. The average molecular weight is 491 g/mol. The van der Waals surface area contributed by atoms with Crippen molar-refractivity contribution < 1.29 is 31.0 Å². The SMILES string of the molecule is CC[N+](CC)(CC)Cc1ccc(S(=O)(=O)NOP(C)(=O)Oc2ccc(C#N)c(F)c2)s1. The predicted molar refractivity (Wildman–Crippen MR) is 117 cm³/mol. The molecule has 1 atom stereocenters. The molecule has 0 amide bonds. The first-order valence-corrected chi connectivity index (χ1v) is 13.9. The van der Waals surface area contributed by atoms with Crippen LogP contribution in [0.25, 0.3) is 0 Å². The second-order valence-corrected chi connectivity index (χ2v) is 11.9. The van der Waals surface area contributed by atoms with Gasteiger partial charge in [0, 0.05) is 6.07 Å². The third kappa shape index (κ3) is 6.59. The highest BCUT2D eigenvalue weighted by Crippen LogP contribution is 2.44. The quantitative estimate of drug-likeness (QED) is 0.287. The van der Waals surface area contributed by atoms with E-state index in [9.17, 15) is 17.4 Å². The van der Waals surface area contributed by atoms with Crippen LogP contribution in [0, 0.1) is 17.1 Å². The molecule has 1 aromatic carbocycles. The Balaban J connectivity index is 2.07. The summed E-state index contributed by atoms with van der Waals surface area (Å²) in [5.74, 6) is -1.01. The summed E-state index contributed by atoms with van der Waals surface area (Å²) in [4.78, 5) is 2.75. The van der Waals surface area contributed by atoms with Gasteiger partial charge in [0.2, 0.25) is 0 Å². The molecule has 0 saturated carbocycles. The molecule has 0 radical (unpaired) electrons. The molecule has 31 heavy (non-hydrogen) atoms. The number of hydrogen-bond donors (Lipinski definition) is 1. The number of nitrogens with one attached hydrogen (secondary N) is 1. The van der Waals surface area contributed by atoms with Crippen LogP contribution in [0.3, 0.4) is 0 Å². The van der Waals surface area contributed by atoms with Crippen LogP contribution in [0.15, 0.2) is 34.5 Å². The minimum absolute atomic E-state index is 0.0216. The lowest BCUT2D eigenvalue weighted by Gasteiger charge is -2.35. The van der Waals surface area contributed by atoms with Crippen LogP contribution in [-0.4, -0.2) is 39.2 Å². The second-order valence-electron chi connectivity index (χ2n) is 6.96. The molecule has 0 aliphatic carbocycles. The number of quaternary nitrogens is 1. The van der Waals surface area contributed by atoms with Crippen LogP contribution in [0.2, 0.25) is 0 Å². The first kappa shape index (κ1) is 25.5. The number of benzene rings is 1. The van der Waals surface area contributed by atoms with Crippen molar-refractivity contribution in [3.05, 3.63) is 46.6 Å². The Kier molecular flexibility index (Phi) is 8.39. The van der Waals surface area contributed by atoms with E-state index >= 15 is 0 Å². The van der Waals surface area contributed by atoms with Crippen molar-refractivity contribution in [3.63, 3.8) is 0 Å². The Morgan fingerprint density at radius 1 is 1.19 bits per heavy atom.